The van der Waals surface area contributed by atoms with Gasteiger partial charge in [-0.25, -0.2) is 4.68 Å². The van der Waals surface area contributed by atoms with Crippen molar-refractivity contribution in [2.24, 2.45) is 0 Å². The number of aromatic nitrogens is 2. The molecule has 2 rings (SSSR count). The van der Waals surface area contributed by atoms with Gasteiger partial charge < -0.3 is 5.32 Å². The lowest BCUT2D eigenvalue weighted by Crippen LogP contribution is -2.13. The third-order valence-electron chi connectivity index (χ3n) is 3.02. The van der Waals surface area contributed by atoms with Gasteiger partial charge in [0.05, 0.1) is 8.71 Å². The van der Waals surface area contributed by atoms with Gasteiger partial charge in [0.25, 0.3) is 0 Å². The van der Waals surface area contributed by atoms with E-state index in [4.69, 9.17) is 0 Å². The van der Waals surface area contributed by atoms with Gasteiger partial charge in [0.1, 0.15) is 5.69 Å². The molecular formula is C13H17BrN4O2S. The topological polar surface area (TPSA) is 73.0 Å². The van der Waals surface area contributed by atoms with Gasteiger partial charge in [0.2, 0.25) is 5.82 Å². The lowest BCUT2D eigenvalue weighted by molar-refractivity contribution is -0.384. The molecule has 2 heterocycles. The molecule has 0 unspecified atom stereocenters. The second-order valence-electron chi connectivity index (χ2n) is 4.96. The second kappa shape index (κ2) is 6.57. The Balaban J connectivity index is 2.15. The van der Waals surface area contributed by atoms with Crippen LogP contribution >= 0.6 is 27.3 Å². The number of anilines is 1. The molecule has 0 aliphatic heterocycles. The molecule has 0 aliphatic carbocycles. The normalized spacial score (nSPS) is 11.1. The maximum absolute atomic E-state index is 11.2. The van der Waals surface area contributed by atoms with E-state index in [1.807, 2.05) is 19.9 Å². The van der Waals surface area contributed by atoms with Gasteiger partial charge in [-0.3, -0.25) is 10.1 Å². The van der Waals surface area contributed by atoms with E-state index in [2.05, 4.69) is 32.4 Å². The monoisotopic (exact) mass is 372 g/mol. The molecule has 114 valence electrons. The van der Waals surface area contributed by atoms with Crippen molar-refractivity contribution >= 4 is 38.8 Å². The van der Waals surface area contributed by atoms with E-state index in [9.17, 15) is 10.1 Å². The minimum atomic E-state index is -0.370. The Hall–Kier alpha value is -1.41. The Kier molecular flexibility index (Phi) is 5.00. The molecule has 8 heteroatoms. The number of hydrogen-bond donors (Lipinski definition) is 1. The van der Waals surface area contributed by atoms with Crippen LogP contribution in [0.15, 0.2) is 15.9 Å². The minimum absolute atomic E-state index is 0.0655. The minimum Gasteiger partial charge on any atom is -0.364 e. The van der Waals surface area contributed by atoms with E-state index in [0.717, 1.165) is 10.2 Å². The molecule has 0 bridgehead atoms. The van der Waals surface area contributed by atoms with Gasteiger partial charge in [-0.05, 0) is 55.3 Å². The van der Waals surface area contributed by atoms with Gasteiger partial charge in [0.15, 0.2) is 0 Å². The summed E-state index contributed by atoms with van der Waals surface area (Å²) in [7, 11) is 0. The Bertz CT molecular complexity index is 651. The highest BCUT2D eigenvalue weighted by atomic mass is 79.9. The summed E-state index contributed by atoms with van der Waals surface area (Å²) in [6.45, 7) is 6.21. The average Bonchev–Trinajstić information content (AvgIpc) is 2.93. The quantitative estimate of drug-likeness (QED) is 0.610. The molecule has 2 aromatic rings. The van der Waals surface area contributed by atoms with E-state index in [1.54, 1.807) is 22.9 Å². The summed E-state index contributed by atoms with van der Waals surface area (Å²) in [6.07, 6.45) is 0.815. The molecule has 0 spiro atoms. The molecule has 0 radical (unpaired) electrons. The van der Waals surface area contributed by atoms with E-state index < -0.39 is 0 Å². The first kappa shape index (κ1) is 16.0. The molecule has 0 atom stereocenters. The molecule has 0 fully saturated rings. The van der Waals surface area contributed by atoms with E-state index in [1.165, 1.54) is 4.88 Å². The number of nitro groups is 1. The van der Waals surface area contributed by atoms with Gasteiger partial charge in [-0.15, -0.1) is 11.3 Å². The van der Waals surface area contributed by atoms with Crippen LogP contribution in [0.3, 0.4) is 0 Å². The van der Waals surface area contributed by atoms with Crippen molar-refractivity contribution in [3.05, 3.63) is 36.6 Å². The Morgan fingerprint density at radius 3 is 2.76 bits per heavy atom. The van der Waals surface area contributed by atoms with Crippen molar-refractivity contribution in [1.82, 2.24) is 9.78 Å². The van der Waals surface area contributed by atoms with Crippen LogP contribution in [0.25, 0.3) is 0 Å². The molecule has 2 aromatic heterocycles. The highest BCUT2D eigenvalue weighted by Crippen LogP contribution is 2.30. The van der Waals surface area contributed by atoms with E-state index in [-0.39, 0.29) is 16.7 Å². The number of rotatable bonds is 6. The fourth-order valence-electron chi connectivity index (χ4n) is 2.09. The standard InChI is InChI=1S/C13H17BrN4O2S/c1-8(2)17-13(12(18(19)20)9(3)16-17)15-7-6-10-4-5-11(14)21-10/h4-5,8,15H,6-7H2,1-3H3. The lowest BCUT2D eigenvalue weighted by Gasteiger charge is -2.11. The number of nitrogens with one attached hydrogen (secondary N) is 1. The van der Waals surface area contributed by atoms with Crippen molar-refractivity contribution in [1.29, 1.82) is 0 Å². The van der Waals surface area contributed by atoms with Gasteiger partial charge in [-0.1, -0.05) is 0 Å². The fourth-order valence-corrected chi connectivity index (χ4v) is 3.57. The fraction of sp³-hybridized carbons (Fsp3) is 0.462. The maximum Gasteiger partial charge on any atom is 0.333 e. The third kappa shape index (κ3) is 3.62. The van der Waals surface area contributed by atoms with Crippen LogP contribution < -0.4 is 5.32 Å². The summed E-state index contributed by atoms with van der Waals surface area (Å²) in [5.74, 6) is 0.489. The lowest BCUT2D eigenvalue weighted by atomic mass is 10.3. The molecule has 21 heavy (non-hydrogen) atoms. The molecule has 0 aromatic carbocycles. The van der Waals surface area contributed by atoms with Crippen molar-refractivity contribution in [3.8, 4) is 0 Å². The zero-order valence-electron chi connectivity index (χ0n) is 12.1. The van der Waals surface area contributed by atoms with Gasteiger partial charge >= 0.3 is 5.69 Å². The second-order valence-corrected chi connectivity index (χ2v) is 7.51. The molecule has 6 nitrogen and oxygen atoms in total. The predicted octanol–water partition coefficient (Wildman–Crippen LogP) is 4.16. The largest absolute Gasteiger partial charge is 0.364 e. The summed E-state index contributed by atoms with van der Waals surface area (Å²) in [6, 6.07) is 4.12. The highest BCUT2D eigenvalue weighted by Gasteiger charge is 2.26. The zero-order chi connectivity index (χ0) is 15.6. The first-order valence-corrected chi connectivity index (χ1v) is 8.22. The number of nitrogens with zero attached hydrogens (tertiary/aromatic N) is 3. The number of thiophene rings is 1. The SMILES string of the molecule is Cc1nn(C(C)C)c(NCCc2ccc(Br)s2)c1[N+](=O)[O-]. The van der Waals surface area contributed by atoms with Crippen LogP contribution in [-0.4, -0.2) is 21.2 Å². The Morgan fingerprint density at radius 1 is 1.52 bits per heavy atom. The summed E-state index contributed by atoms with van der Waals surface area (Å²) in [4.78, 5) is 12.1. The van der Waals surface area contributed by atoms with Crippen LogP contribution in [0.1, 0.15) is 30.5 Å². The predicted molar refractivity (Wildman–Crippen MR) is 88.2 cm³/mol. The summed E-state index contributed by atoms with van der Waals surface area (Å²) >= 11 is 5.10. The number of halogens is 1. The van der Waals surface area contributed by atoms with Crippen molar-refractivity contribution in [2.45, 2.75) is 33.2 Å². The first-order valence-electron chi connectivity index (χ1n) is 6.61. The molecule has 1 N–H and O–H groups in total. The summed E-state index contributed by atoms with van der Waals surface area (Å²) in [5, 5.41) is 18.7. The van der Waals surface area contributed by atoms with Crippen LogP contribution in [0.4, 0.5) is 11.5 Å². The van der Waals surface area contributed by atoms with Crippen LogP contribution in [0.5, 0.6) is 0 Å². The van der Waals surface area contributed by atoms with Crippen molar-refractivity contribution < 1.29 is 4.92 Å². The molecule has 0 saturated heterocycles. The number of aryl methyl sites for hydroxylation is 1. The Labute approximate surface area is 135 Å². The Morgan fingerprint density at radius 2 is 2.24 bits per heavy atom. The van der Waals surface area contributed by atoms with E-state index in [0.29, 0.717) is 18.1 Å². The molecule has 0 saturated carbocycles. The van der Waals surface area contributed by atoms with E-state index >= 15 is 0 Å². The average molecular weight is 373 g/mol. The first-order chi connectivity index (χ1) is 9.90. The molecule has 0 amide bonds. The van der Waals surface area contributed by atoms with Crippen LogP contribution in [0.2, 0.25) is 0 Å². The summed E-state index contributed by atoms with van der Waals surface area (Å²) < 4.78 is 2.77. The summed E-state index contributed by atoms with van der Waals surface area (Å²) in [5.41, 5.74) is 0.506. The van der Waals surface area contributed by atoms with Crippen LogP contribution in [-0.2, 0) is 6.42 Å². The highest BCUT2D eigenvalue weighted by molar-refractivity contribution is 9.11. The van der Waals surface area contributed by atoms with Crippen molar-refractivity contribution in [3.63, 3.8) is 0 Å². The third-order valence-corrected chi connectivity index (χ3v) is 4.70. The van der Waals surface area contributed by atoms with Gasteiger partial charge in [-0.2, -0.15) is 5.10 Å². The van der Waals surface area contributed by atoms with Crippen molar-refractivity contribution in [2.75, 3.05) is 11.9 Å². The smallest absolute Gasteiger partial charge is 0.333 e. The zero-order valence-corrected chi connectivity index (χ0v) is 14.5. The molecule has 0 aliphatic rings. The molecular weight excluding hydrogens is 356 g/mol. The van der Waals surface area contributed by atoms with Crippen LogP contribution in [0, 0.1) is 17.0 Å². The number of hydrogen-bond acceptors (Lipinski definition) is 5. The van der Waals surface area contributed by atoms with Gasteiger partial charge in [0, 0.05) is 17.5 Å². The maximum atomic E-state index is 11.2.